The van der Waals surface area contributed by atoms with Crippen LogP contribution in [-0.4, -0.2) is 19.1 Å². The third-order valence-electron chi connectivity index (χ3n) is 3.07. The van der Waals surface area contributed by atoms with Crippen molar-refractivity contribution in [3.05, 3.63) is 29.8 Å². The van der Waals surface area contributed by atoms with Gasteiger partial charge >= 0.3 is 6.03 Å². The average Bonchev–Trinajstić information content (AvgIpc) is 2.37. The number of carbonyl (C=O) groups excluding carboxylic acids is 1. The lowest BCUT2D eigenvalue weighted by Crippen LogP contribution is -2.35. The van der Waals surface area contributed by atoms with Gasteiger partial charge in [-0.1, -0.05) is 19.1 Å². The maximum atomic E-state index is 11.7. The highest BCUT2D eigenvalue weighted by atomic mass is 16.2. The second-order valence-electron chi connectivity index (χ2n) is 4.54. The first-order chi connectivity index (χ1) is 8.56. The summed E-state index contributed by atoms with van der Waals surface area (Å²) >= 11 is 0. The van der Waals surface area contributed by atoms with Gasteiger partial charge in [0.2, 0.25) is 0 Å². The van der Waals surface area contributed by atoms with Gasteiger partial charge in [0.25, 0.3) is 0 Å². The molecule has 1 rings (SSSR count). The highest BCUT2D eigenvalue weighted by molar-refractivity contribution is 5.89. The van der Waals surface area contributed by atoms with Crippen LogP contribution in [0.4, 0.5) is 10.5 Å². The van der Waals surface area contributed by atoms with Crippen LogP contribution in [-0.2, 0) is 0 Å². The van der Waals surface area contributed by atoms with E-state index in [1.807, 2.05) is 45.2 Å². The van der Waals surface area contributed by atoms with Gasteiger partial charge < -0.3 is 16.0 Å². The van der Waals surface area contributed by atoms with E-state index < -0.39 is 0 Å². The van der Waals surface area contributed by atoms with Gasteiger partial charge in [0.1, 0.15) is 0 Å². The minimum Gasteiger partial charge on any atom is -0.335 e. The standard InChI is InChI=1S/C14H23N3O/c1-5-10(2)16-14(18)17-13-8-6-7-12(9-13)11(3)15-4/h6-11,15H,5H2,1-4H3,(H2,16,17,18). The predicted molar refractivity (Wildman–Crippen MR) is 75.8 cm³/mol. The zero-order chi connectivity index (χ0) is 13.5. The smallest absolute Gasteiger partial charge is 0.319 e. The fourth-order valence-electron chi connectivity index (χ4n) is 1.55. The summed E-state index contributed by atoms with van der Waals surface area (Å²) in [7, 11) is 1.92. The van der Waals surface area contributed by atoms with E-state index in [0.717, 1.165) is 17.7 Å². The van der Waals surface area contributed by atoms with Crippen molar-refractivity contribution in [3.8, 4) is 0 Å². The quantitative estimate of drug-likeness (QED) is 0.751. The maximum Gasteiger partial charge on any atom is 0.319 e. The highest BCUT2D eigenvalue weighted by Gasteiger charge is 2.07. The molecule has 0 radical (unpaired) electrons. The minimum atomic E-state index is -0.154. The first-order valence-corrected chi connectivity index (χ1v) is 6.41. The van der Waals surface area contributed by atoms with E-state index in [0.29, 0.717) is 0 Å². The van der Waals surface area contributed by atoms with Gasteiger partial charge in [-0.3, -0.25) is 0 Å². The first-order valence-electron chi connectivity index (χ1n) is 6.41. The largest absolute Gasteiger partial charge is 0.335 e. The van der Waals surface area contributed by atoms with Crippen LogP contribution in [0.5, 0.6) is 0 Å². The molecule has 0 aliphatic rings. The molecule has 0 spiro atoms. The number of anilines is 1. The fraction of sp³-hybridized carbons (Fsp3) is 0.500. The Morgan fingerprint density at radius 2 is 2.06 bits per heavy atom. The van der Waals surface area contributed by atoms with Gasteiger partial charge in [-0.2, -0.15) is 0 Å². The summed E-state index contributed by atoms with van der Waals surface area (Å²) in [5.74, 6) is 0. The molecule has 0 fully saturated rings. The minimum absolute atomic E-state index is 0.154. The van der Waals surface area contributed by atoms with Crippen LogP contribution < -0.4 is 16.0 Å². The Hall–Kier alpha value is -1.55. The van der Waals surface area contributed by atoms with Crippen LogP contribution in [0.1, 0.15) is 38.8 Å². The van der Waals surface area contributed by atoms with Crippen LogP contribution in [0.15, 0.2) is 24.3 Å². The van der Waals surface area contributed by atoms with Crippen molar-refractivity contribution < 1.29 is 4.79 Å². The van der Waals surface area contributed by atoms with Crippen molar-refractivity contribution in [3.63, 3.8) is 0 Å². The van der Waals surface area contributed by atoms with Crippen LogP contribution in [0, 0.1) is 0 Å². The van der Waals surface area contributed by atoms with Gasteiger partial charge in [-0.25, -0.2) is 4.79 Å². The molecule has 0 aliphatic heterocycles. The van der Waals surface area contributed by atoms with E-state index in [2.05, 4.69) is 22.9 Å². The number of amides is 2. The maximum absolute atomic E-state index is 11.7. The monoisotopic (exact) mass is 249 g/mol. The molecule has 0 saturated carbocycles. The van der Waals surface area contributed by atoms with E-state index in [4.69, 9.17) is 0 Å². The number of urea groups is 1. The van der Waals surface area contributed by atoms with Crippen molar-refractivity contribution in [1.82, 2.24) is 10.6 Å². The molecule has 0 aromatic heterocycles. The molecule has 4 heteroatoms. The summed E-state index contributed by atoms with van der Waals surface area (Å²) < 4.78 is 0. The van der Waals surface area contributed by atoms with Crippen LogP contribution in [0.2, 0.25) is 0 Å². The Morgan fingerprint density at radius 1 is 1.33 bits per heavy atom. The average molecular weight is 249 g/mol. The number of benzene rings is 1. The number of carbonyl (C=O) groups is 1. The van der Waals surface area contributed by atoms with Crippen molar-refractivity contribution >= 4 is 11.7 Å². The lowest BCUT2D eigenvalue weighted by molar-refractivity contribution is 0.249. The molecule has 2 amide bonds. The second-order valence-corrected chi connectivity index (χ2v) is 4.54. The zero-order valence-electron chi connectivity index (χ0n) is 11.6. The summed E-state index contributed by atoms with van der Waals surface area (Å²) in [4.78, 5) is 11.7. The fourth-order valence-corrected chi connectivity index (χ4v) is 1.55. The molecule has 0 saturated heterocycles. The molecule has 18 heavy (non-hydrogen) atoms. The van der Waals surface area contributed by atoms with Crippen molar-refractivity contribution in [2.24, 2.45) is 0 Å². The number of rotatable bonds is 5. The van der Waals surface area contributed by atoms with Crippen LogP contribution in [0.25, 0.3) is 0 Å². The molecule has 100 valence electrons. The van der Waals surface area contributed by atoms with Crippen LogP contribution >= 0.6 is 0 Å². The van der Waals surface area contributed by atoms with Crippen LogP contribution in [0.3, 0.4) is 0 Å². The number of hydrogen-bond acceptors (Lipinski definition) is 2. The normalized spacial score (nSPS) is 13.8. The highest BCUT2D eigenvalue weighted by Crippen LogP contribution is 2.16. The van der Waals surface area contributed by atoms with E-state index in [1.54, 1.807) is 0 Å². The summed E-state index contributed by atoms with van der Waals surface area (Å²) in [5.41, 5.74) is 1.97. The van der Waals surface area contributed by atoms with E-state index >= 15 is 0 Å². The molecule has 1 aromatic rings. The van der Waals surface area contributed by atoms with Gasteiger partial charge in [-0.05, 0) is 45.0 Å². The lowest BCUT2D eigenvalue weighted by atomic mass is 10.1. The lowest BCUT2D eigenvalue weighted by Gasteiger charge is -2.15. The SMILES string of the molecule is CCC(C)NC(=O)Nc1cccc(C(C)NC)c1. The Bertz CT molecular complexity index is 392. The van der Waals surface area contributed by atoms with Crippen molar-refractivity contribution in [2.45, 2.75) is 39.3 Å². The van der Waals surface area contributed by atoms with Gasteiger partial charge in [0.05, 0.1) is 0 Å². The Balaban J connectivity index is 2.64. The second kappa shape index (κ2) is 7.01. The molecule has 0 bridgehead atoms. The molecular weight excluding hydrogens is 226 g/mol. The molecule has 4 nitrogen and oxygen atoms in total. The molecular formula is C14H23N3O. The summed E-state index contributed by atoms with van der Waals surface area (Å²) in [6.07, 6.45) is 0.921. The van der Waals surface area contributed by atoms with Gasteiger partial charge in [0, 0.05) is 17.8 Å². The Morgan fingerprint density at radius 3 is 2.67 bits per heavy atom. The van der Waals surface area contributed by atoms with Gasteiger partial charge in [0.15, 0.2) is 0 Å². The Labute approximate surface area is 109 Å². The van der Waals surface area contributed by atoms with Crippen molar-refractivity contribution in [2.75, 3.05) is 12.4 Å². The topological polar surface area (TPSA) is 53.2 Å². The van der Waals surface area contributed by atoms with Crippen molar-refractivity contribution in [1.29, 1.82) is 0 Å². The number of nitrogens with one attached hydrogen (secondary N) is 3. The zero-order valence-corrected chi connectivity index (χ0v) is 11.6. The van der Waals surface area contributed by atoms with Gasteiger partial charge in [-0.15, -0.1) is 0 Å². The molecule has 0 aliphatic carbocycles. The third-order valence-corrected chi connectivity index (χ3v) is 3.07. The summed E-state index contributed by atoms with van der Waals surface area (Å²) in [6, 6.07) is 8.16. The first kappa shape index (κ1) is 14.5. The summed E-state index contributed by atoms with van der Waals surface area (Å²) in [6.45, 7) is 6.11. The Kier molecular flexibility index (Phi) is 5.65. The third kappa shape index (κ3) is 4.37. The molecule has 2 unspecified atom stereocenters. The summed E-state index contributed by atoms with van der Waals surface area (Å²) in [5, 5.41) is 8.90. The molecule has 1 aromatic carbocycles. The van der Waals surface area contributed by atoms with E-state index in [1.165, 1.54) is 0 Å². The predicted octanol–water partition coefficient (Wildman–Crippen LogP) is 2.89. The molecule has 3 N–H and O–H groups in total. The molecule has 2 atom stereocenters. The molecule has 0 heterocycles. The van der Waals surface area contributed by atoms with E-state index in [9.17, 15) is 4.79 Å². The van der Waals surface area contributed by atoms with E-state index in [-0.39, 0.29) is 18.1 Å². The number of hydrogen-bond donors (Lipinski definition) is 3.